The van der Waals surface area contributed by atoms with Crippen LogP contribution < -0.4 is 5.73 Å². The van der Waals surface area contributed by atoms with Crippen LogP contribution in [-0.2, 0) is 4.79 Å². The highest BCUT2D eigenvalue weighted by Gasteiger charge is 2.22. The number of carbonyl (C=O) groups is 1. The van der Waals surface area contributed by atoms with Crippen molar-refractivity contribution < 1.29 is 9.90 Å². The maximum atomic E-state index is 11.4. The van der Waals surface area contributed by atoms with Gasteiger partial charge in [0.1, 0.15) is 0 Å². The Balaban J connectivity index is 2.74. The maximum Gasteiger partial charge on any atom is 0.236 e. The van der Waals surface area contributed by atoms with E-state index in [9.17, 15) is 9.90 Å². The monoisotopic (exact) mass is 222 g/mol. The molecule has 1 amide bonds. The van der Waals surface area contributed by atoms with Crippen LogP contribution in [0.1, 0.15) is 18.6 Å². The van der Waals surface area contributed by atoms with Crippen LogP contribution in [0.15, 0.2) is 30.3 Å². The number of nitrogens with zero attached hydrogens (tertiary/aromatic N) is 1. The summed E-state index contributed by atoms with van der Waals surface area (Å²) in [4.78, 5) is 12.8. The number of benzene rings is 1. The predicted octanol–water partition coefficient (Wildman–Crippen LogP) is 0.526. The van der Waals surface area contributed by atoms with Gasteiger partial charge >= 0.3 is 0 Å². The SMILES string of the molecule is CC([C@H](O)c1ccccc1)N(C)C(=O)CN. The highest BCUT2D eigenvalue weighted by molar-refractivity contribution is 5.78. The molecule has 4 nitrogen and oxygen atoms in total. The summed E-state index contributed by atoms with van der Waals surface area (Å²) < 4.78 is 0. The van der Waals surface area contributed by atoms with E-state index in [0.29, 0.717) is 0 Å². The Morgan fingerprint density at radius 3 is 2.50 bits per heavy atom. The molecule has 0 spiro atoms. The summed E-state index contributed by atoms with van der Waals surface area (Å²) in [6.45, 7) is 1.76. The summed E-state index contributed by atoms with van der Waals surface area (Å²) >= 11 is 0. The quantitative estimate of drug-likeness (QED) is 0.780. The predicted molar refractivity (Wildman–Crippen MR) is 62.7 cm³/mol. The Bertz CT molecular complexity index is 340. The molecular weight excluding hydrogens is 204 g/mol. The van der Waals surface area contributed by atoms with E-state index in [2.05, 4.69) is 0 Å². The number of hydrogen-bond acceptors (Lipinski definition) is 3. The minimum Gasteiger partial charge on any atom is -0.386 e. The van der Waals surface area contributed by atoms with Gasteiger partial charge in [-0.25, -0.2) is 0 Å². The van der Waals surface area contributed by atoms with Crippen molar-refractivity contribution in [3.05, 3.63) is 35.9 Å². The number of hydrogen-bond donors (Lipinski definition) is 2. The molecule has 0 saturated carbocycles. The summed E-state index contributed by atoms with van der Waals surface area (Å²) in [7, 11) is 1.64. The zero-order chi connectivity index (χ0) is 12.1. The van der Waals surface area contributed by atoms with Crippen molar-refractivity contribution >= 4 is 5.91 Å². The first kappa shape index (κ1) is 12.7. The molecule has 0 aliphatic rings. The van der Waals surface area contributed by atoms with Crippen molar-refractivity contribution in [1.29, 1.82) is 0 Å². The van der Waals surface area contributed by atoms with E-state index < -0.39 is 6.10 Å². The van der Waals surface area contributed by atoms with Crippen LogP contribution in [0, 0.1) is 0 Å². The number of nitrogens with two attached hydrogens (primary N) is 1. The number of carbonyl (C=O) groups excluding carboxylic acids is 1. The van der Waals surface area contributed by atoms with E-state index in [1.807, 2.05) is 30.3 Å². The van der Waals surface area contributed by atoms with Crippen LogP contribution in [0.25, 0.3) is 0 Å². The standard InChI is InChI=1S/C12H18N2O2/c1-9(14(2)11(15)8-13)12(16)10-6-4-3-5-7-10/h3-7,9,12,16H,8,13H2,1-2H3/t9?,12-/m0/s1. The first-order valence-corrected chi connectivity index (χ1v) is 5.26. The summed E-state index contributed by atoms with van der Waals surface area (Å²) in [5.74, 6) is -0.178. The number of aliphatic hydroxyl groups excluding tert-OH is 1. The summed E-state index contributed by atoms with van der Waals surface area (Å²) in [5, 5.41) is 10.1. The van der Waals surface area contributed by atoms with Gasteiger partial charge < -0.3 is 15.7 Å². The van der Waals surface area contributed by atoms with Crippen molar-refractivity contribution in [3.8, 4) is 0 Å². The van der Waals surface area contributed by atoms with E-state index in [1.165, 1.54) is 4.90 Å². The topological polar surface area (TPSA) is 66.6 Å². The minimum absolute atomic E-state index is 0.0393. The molecule has 4 heteroatoms. The van der Waals surface area contributed by atoms with Gasteiger partial charge in [-0.2, -0.15) is 0 Å². The Hall–Kier alpha value is -1.39. The van der Waals surface area contributed by atoms with Crippen LogP contribution in [0.4, 0.5) is 0 Å². The summed E-state index contributed by atoms with van der Waals surface area (Å²) in [5.41, 5.74) is 6.07. The normalized spacial score (nSPS) is 14.2. The summed E-state index contributed by atoms with van der Waals surface area (Å²) in [6, 6.07) is 8.98. The van der Waals surface area contributed by atoms with Crippen molar-refractivity contribution in [1.82, 2.24) is 4.90 Å². The number of likely N-dealkylation sites (N-methyl/N-ethyl adjacent to an activating group) is 1. The molecule has 3 N–H and O–H groups in total. The van der Waals surface area contributed by atoms with E-state index in [-0.39, 0.29) is 18.5 Å². The summed E-state index contributed by atoms with van der Waals surface area (Å²) in [6.07, 6.45) is -0.693. The van der Waals surface area contributed by atoms with Gasteiger partial charge in [-0.05, 0) is 12.5 Å². The fraction of sp³-hybridized carbons (Fsp3) is 0.417. The van der Waals surface area contributed by atoms with Gasteiger partial charge in [0.05, 0.1) is 18.7 Å². The lowest BCUT2D eigenvalue weighted by molar-refractivity contribution is -0.132. The van der Waals surface area contributed by atoms with Crippen LogP contribution in [-0.4, -0.2) is 35.5 Å². The molecule has 2 atom stereocenters. The van der Waals surface area contributed by atoms with Gasteiger partial charge in [-0.1, -0.05) is 30.3 Å². The smallest absolute Gasteiger partial charge is 0.236 e. The second-order valence-corrected chi connectivity index (χ2v) is 3.80. The molecule has 0 saturated heterocycles. The average molecular weight is 222 g/mol. The van der Waals surface area contributed by atoms with Gasteiger partial charge in [-0.15, -0.1) is 0 Å². The van der Waals surface area contributed by atoms with Crippen molar-refractivity contribution in [2.75, 3.05) is 13.6 Å². The third-order valence-electron chi connectivity index (χ3n) is 2.78. The lowest BCUT2D eigenvalue weighted by atomic mass is 10.0. The van der Waals surface area contributed by atoms with Gasteiger partial charge in [0.15, 0.2) is 0 Å². The molecule has 16 heavy (non-hydrogen) atoms. The third kappa shape index (κ3) is 2.81. The Labute approximate surface area is 95.7 Å². The van der Waals surface area contributed by atoms with Crippen molar-refractivity contribution in [2.45, 2.75) is 19.1 Å². The largest absolute Gasteiger partial charge is 0.386 e. The van der Waals surface area contributed by atoms with Gasteiger partial charge in [0, 0.05) is 7.05 Å². The highest BCUT2D eigenvalue weighted by Crippen LogP contribution is 2.19. The molecule has 1 aromatic carbocycles. The van der Waals surface area contributed by atoms with Crippen LogP contribution >= 0.6 is 0 Å². The highest BCUT2D eigenvalue weighted by atomic mass is 16.3. The van der Waals surface area contributed by atoms with Crippen LogP contribution in [0.2, 0.25) is 0 Å². The van der Waals surface area contributed by atoms with E-state index in [0.717, 1.165) is 5.56 Å². The Kier molecular flexibility index (Phi) is 4.46. The number of amides is 1. The molecular formula is C12H18N2O2. The Morgan fingerprint density at radius 1 is 1.44 bits per heavy atom. The fourth-order valence-electron chi connectivity index (χ4n) is 1.51. The first-order chi connectivity index (χ1) is 7.57. The zero-order valence-electron chi connectivity index (χ0n) is 9.63. The molecule has 1 rings (SSSR count). The minimum atomic E-state index is -0.693. The molecule has 0 aliphatic carbocycles. The molecule has 88 valence electrons. The third-order valence-corrected chi connectivity index (χ3v) is 2.78. The lowest BCUT2D eigenvalue weighted by Gasteiger charge is -2.28. The maximum absolute atomic E-state index is 11.4. The Morgan fingerprint density at radius 2 is 2.00 bits per heavy atom. The molecule has 0 aliphatic heterocycles. The molecule has 0 bridgehead atoms. The first-order valence-electron chi connectivity index (χ1n) is 5.26. The van der Waals surface area contributed by atoms with Crippen LogP contribution in [0.3, 0.4) is 0 Å². The second kappa shape index (κ2) is 5.63. The molecule has 0 fully saturated rings. The number of aliphatic hydroxyl groups is 1. The van der Waals surface area contributed by atoms with E-state index in [1.54, 1.807) is 14.0 Å². The number of rotatable bonds is 4. The van der Waals surface area contributed by atoms with Crippen LogP contribution in [0.5, 0.6) is 0 Å². The fourth-order valence-corrected chi connectivity index (χ4v) is 1.51. The van der Waals surface area contributed by atoms with E-state index in [4.69, 9.17) is 5.73 Å². The second-order valence-electron chi connectivity index (χ2n) is 3.80. The average Bonchev–Trinajstić information content (AvgIpc) is 2.36. The molecule has 1 aromatic rings. The zero-order valence-corrected chi connectivity index (χ0v) is 9.63. The van der Waals surface area contributed by atoms with Gasteiger partial charge in [-0.3, -0.25) is 4.79 Å². The molecule has 0 radical (unpaired) electrons. The molecule has 1 unspecified atom stereocenters. The molecule has 0 heterocycles. The van der Waals surface area contributed by atoms with Crippen molar-refractivity contribution in [2.24, 2.45) is 5.73 Å². The van der Waals surface area contributed by atoms with Gasteiger partial charge in [0.2, 0.25) is 5.91 Å². The van der Waals surface area contributed by atoms with Crippen molar-refractivity contribution in [3.63, 3.8) is 0 Å². The van der Waals surface area contributed by atoms with E-state index >= 15 is 0 Å². The van der Waals surface area contributed by atoms with Gasteiger partial charge in [0.25, 0.3) is 0 Å². The molecule has 0 aromatic heterocycles. The lowest BCUT2D eigenvalue weighted by Crippen LogP contribution is -2.42.